The lowest BCUT2D eigenvalue weighted by Crippen LogP contribution is -2.48. The third kappa shape index (κ3) is 3.75. The lowest BCUT2D eigenvalue weighted by molar-refractivity contribution is -0.135. The number of hydrogen-bond donors (Lipinski definition) is 0. The fourth-order valence-corrected chi connectivity index (χ4v) is 2.81. The summed E-state index contributed by atoms with van der Waals surface area (Å²) >= 11 is 0. The van der Waals surface area contributed by atoms with Crippen LogP contribution < -0.4 is 0 Å². The number of likely N-dealkylation sites (tertiary alicyclic amines) is 1. The summed E-state index contributed by atoms with van der Waals surface area (Å²) < 4.78 is 4.77. The van der Waals surface area contributed by atoms with E-state index in [0.29, 0.717) is 26.1 Å². The highest BCUT2D eigenvalue weighted by Crippen LogP contribution is 2.20. The van der Waals surface area contributed by atoms with Crippen LogP contribution in [0.1, 0.15) is 25.3 Å². The molecular formula is C16H23N3O3. The van der Waals surface area contributed by atoms with Gasteiger partial charge in [-0.15, -0.1) is 0 Å². The fourth-order valence-electron chi connectivity index (χ4n) is 2.81. The van der Waals surface area contributed by atoms with Gasteiger partial charge in [-0.3, -0.25) is 14.7 Å². The summed E-state index contributed by atoms with van der Waals surface area (Å²) in [5.41, 5.74) is 1.15. The van der Waals surface area contributed by atoms with Gasteiger partial charge >= 0.3 is 6.09 Å². The van der Waals surface area contributed by atoms with Gasteiger partial charge in [0.05, 0.1) is 7.11 Å². The van der Waals surface area contributed by atoms with Crippen LogP contribution in [0.3, 0.4) is 0 Å². The van der Waals surface area contributed by atoms with Crippen LogP contribution in [-0.4, -0.2) is 59.6 Å². The van der Waals surface area contributed by atoms with E-state index in [1.54, 1.807) is 12.4 Å². The largest absolute Gasteiger partial charge is 0.453 e. The number of hydrogen-bond acceptors (Lipinski definition) is 4. The van der Waals surface area contributed by atoms with E-state index in [4.69, 9.17) is 4.74 Å². The summed E-state index contributed by atoms with van der Waals surface area (Å²) in [6.45, 7) is 3.83. The summed E-state index contributed by atoms with van der Waals surface area (Å²) in [5, 5.41) is 0. The number of methoxy groups -OCH3 is 1. The van der Waals surface area contributed by atoms with E-state index >= 15 is 0 Å². The van der Waals surface area contributed by atoms with Crippen molar-refractivity contribution in [3.05, 3.63) is 30.1 Å². The molecule has 6 nitrogen and oxygen atoms in total. The number of carbonyl (C=O) groups excluding carboxylic acids is 2. The molecule has 2 heterocycles. The normalized spacial score (nSPS) is 17.4. The van der Waals surface area contributed by atoms with Crippen LogP contribution in [0.15, 0.2) is 24.5 Å². The molecule has 2 amide bonds. The first-order chi connectivity index (χ1) is 10.7. The van der Waals surface area contributed by atoms with Gasteiger partial charge in [0, 0.05) is 32.0 Å². The van der Waals surface area contributed by atoms with Gasteiger partial charge < -0.3 is 9.64 Å². The molecule has 6 heteroatoms. The van der Waals surface area contributed by atoms with E-state index in [9.17, 15) is 9.59 Å². The second-order valence-corrected chi connectivity index (χ2v) is 5.34. The van der Waals surface area contributed by atoms with Gasteiger partial charge in [0.15, 0.2) is 0 Å². The van der Waals surface area contributed by atoms with E-state index in [2.05, 4.69) is 4.98 Å². The molecule has 1 aliphatic rings. The second-order valence-electron chi connectivity index (χ2n) is 5.34. The van der Waals surface area contributed by atoms with E-state index in [0.717, 1.165) is 18.4 Å². The molecule has 0 bridgehead atoms. The number of pyridine rings is 1. The molecule has 0 aliphatic carbocycles. The SMILES string of the molecule is CCN(CCc1ccncc1)C(=O)C1CCCN1C(=O)OC. The molecule has 120 valence electrons. The highest BCUT2D eigenvalue weighted by Gasteiger charge is 2.36. The number of likely N-dealkylation sites (N-methyl/N-ethyl adjacent to an activating group) is 1. The van der Waals surface area contributed by atoms with E-state index in [1.165, 1.54) is 12.0 Å². The van der Waals surface area contributed by atoms with Crippen LogP contribution in [0.5, 0.6) is 0 Å². The first-order valence-electron chi connectivity index (χ1n) is 7.69. The van der Waals surface area contributed by atoms with Crippen LogP contribution >= 0.6 is 0 Å². The second kappa shape index (κ2) is 7.77. The number of nitrogens with zero attached hydrogens (tertiary/aromatic N) is 3. The van der Waals surface area contributed by atoms with Crippen molar-refractivity contribution in [1.29, 1.82) is 0 Å². The zero-order valence-electron chi connectivity index (χ0n) is 13.2. The molecule has 0 saturated carbocycles. The number of aromatic nitrogens is 1. The number of ether oxygens (including phenoxy) is 1. The Labute approximate surface area is 131 Å². The summed E-state index contributed by atoms with van der Waals surface area (Å²) in [6.07, 6.45) is 5.42. The third-order valence-electron chi connectivity index (χ3n) is 4.06. The first kappa shape index (κ1) is 16.3. The summed E-state index contributed by atoms with van der Waals surface area (Å²) in [4.78, 5) is 31.8. The first-order valence-corrected chi connectivity index (χ1v) is 7.69. The van der Waals surface area contributed by atoms with Gasteiger partial charge in [-0.25, -0.2) is 4.79 Å². The van der Waals surface area contributed by atoms with E-state index in [-0.39, 0.29) is 11.9 Å². The van der Waals surface area contributed by atoms with Crippen LogP contribution in [-0.2, 0) is 16.0 Å². The van der Waals surface area contributed by atoms with Gasteiger partial charge in [-0.2, -0.15) is 0 Å². The van der Waals surface area contributed by atoms with Gasteiger partial charge in [0.1, 0.15) is 6.04 Å². The smallest absolute Gasteiger partial charge is 0.410 e. The summed E-state index contributed by atoms with van der Waals surface area (Å²) in [7, 11) is 1.35. The maximum atomic E-state index is 12.7. The lowest BCUT2D eigenvalue weighted by Gasteiger charge is -2.29. The quantitative estimate of drug-likeness (QED) is 0.830. The molecule has 22 heavy (non-hydrogen) atoms. The Hall–Kier alpha value is -2.11. The van der Waals surface area contributed by atoms with E-state index in [1.807, 2.05) is 24.0 Å². The molecule has 1 aliphatic heterocycles. The maximum Gasteiger partial charge on any atom is 0.410 e. The molecule has 0 radical (unpaired) electrons. The Morgan fingerprint density at radius 2 is 2.14 bits per heavy atom. The lowest BCUT2D eigenvalue weighted by atomic mass is 10.1. The average molecular weight is 305 g/mol. The van der Waals surface area contributed by atoms with Crippen LogP contribution in [0.2, 0.25) is 0 Å². The monoisotopic (exact) mass is 305 g/mol. The molecule has 1 saturated heterocycles. The van der Waals surface area contributed by atoms with Gasteiger partial charge in [-0.1, -0.05) is 0 Å². The van der Waals surface area contributed by atoms with Crippen molar-refractivity contribution in [2.45, 2.75) is 32.2 Å². The Balaban J connectivity index is 1.97. The highest BCUT2D eigenvalue weighted by atomic mass is 16.5. The van der Waals surface area contributed by atoms with Gasteiger partial charge in [0.25, 0.3) is 0 Å². The minimum absolute atomic E-state index is 0.0134. The minimum Gasteiger partial charge on any atom is -0.453 e. The zero-order valence-corrected chi connectivity index (χ0v) is 13.2. The Morgan fingerprint density at radius 1 is 1.41 bits per heavy atom. The number of amides is 2. The molecule has 0 spiro atoms. The Bertz CT molecular complexity index is 507. The van der Waals surface area contributed by atoms with Crippen LogP contribution in [0, 0.1) is 0 Å². The Kier molecular flexibility index (Phi) is 5.75. The van der Waals surface area contributed by atoms with E-state index < -0.39 is 6.09 Å². The average Bonchev–Trinajstić information content (AvgIpc) is 3.05. The molecule has 1 unspecified atom stereocenters. The van der Waals surface area contributed by atoms with Crippen molar-refractivity contribution in [2.24, 2.45) is 0 Å². The molecule has 0 N–H and O–H groups in total. The summed E-state index contributed by atoms with van der Waals surface area (Å²) in [5.74, 6) is 0.0134. The molecule has 1 atom stereocenters. The van der Waals surface area contributed by atoms with Gasteiger partial charge in [0.2, 0.25) is 5.91 Å². The maximum absolute atomic E-state index is 12.7. The van der Waals surface area contributed by atoms with Crippen molar-refractivity contribution in [3.63, 3.8) is 0 Å². The van der Waals surface area contributed by atoms with Crippen molar-refractivity contribution in [2.75, 3.05) is 26.7 Å². The fraction of sp³-hybridized carbons (Fsp3) is 0.562. The predicted molar refractivity (Wildman–Crippen MR) is 82.3 cm³/mol. The standard InChI is InChI=1S/C16H23N3O3/c1-3-18(12-8-13-6-9-17-10-7-13)15(20)14-5-4-11-19(14)16(21)22-2/h6-7,9-10,14H,3-5,8,11-12H2,1-2H3. The van der Waals surface area contributed by atoms with Crippen LogP contribution in [0.4, 0.5) is 4.79 Å². The molecular weight excluding hydrogens is 282 g/mol. The molecule has 1 fully saturated rings. The molecule has 1 aromatic heterocycles. The minimum atomic E-state index is -0.416. The predicted octanol–water partition coefficient (Wildman–Crippen LogP) is 1.70. The number of rotatable bonds is 5. The highest BCUT2D eigenvalue weighted by molar-refractivity contribution is 5.86. The molecule has 0 aromatic carbocycles. The van der Waals surface area contributed by atoms with Crippen molar-refractivity contribution < 1.29 is 14.3 Å². The number of carbonyl (C=O) groups is 2. The van der Waals surface area contributed by atoms with Gasteiger partial charge in [-0.05, 0) is 43.9 Å². The van der Waals surface area contributed by atoms with Crippen molar-refractivity contribution in [3.8, 4) is 0 Å². The zero-order chi connectivity index (χ0) is 15.9. The third-order valence-corrected chi connectivity index (χ3v) is 4.06. The van der Waals surface area contributed by atoms with Crippen LogP contribution in [0.25, 0.3) is 0 Å². The van der Waals surface area contributed by atoms with Crippen molar-refractivity contribution in [1.82, 2.24) is 14.8 Å². The Morgan fingerprint density at radius 3 is 2.77 bits per heavy atom. The molecule has 1 aromatic rings. The van der Waals surface area contributed by atoms with Crippen molar-refractivity contribution >= 4 is 12.0 Å². The molecule has 2 rings (SSSR count). The topological polar surface area (TPSA) is 62.7 Å². The summed E-state index contributed by atoms with van der Waals surface area (Å²) in [6, 6.07) is 3.52.